The molecule has 2 fully saturated rings. The van der Waals surface area contributed by atoms with E-state index in [9.17, 15) is 0 Å². The normalized spacial score (nSPS) is 33.2. The first-order chi connectivity index (χ1) is 6.26. The maximum Gasteiger partial charge on any atom is 0.0619 e. The van der Waals surface area contributed by atoms with Gasteiger partial charge in [0.2, 0.25) is 0 Å². The third-order valence-electron chi connectivity index (χ3n) is 3.34. The van der Waals surface area contributed by atoms with E-state index in [4.69, 9.17) is 4.74 Å². The summed E-state index contributed by atoms with van der Waals surface area (Å²) in [6.45, 7) is 6.42. The third-order valence-corrected chi connectivity index (χ3v) is 4.01. The number of ether oxygens (including phenoxy) is 1. The quantitative estimate of drug-likeness (QED) is 0.693. The standard InChI is InChI=1S/C10H19NOS/c1-9-6-12-5-4-11(9)7-10(8-13)2-3-10/h9,13H,2-8H2,1H3. The van der Waals surface area contributed by atoms with E-state index < -0.39 is 0 Å². The zero-order chi connectivity index (χ0) is 9.31. The Kier molecular flexibility index (Phi) is 2.86. The van der Waals surface area contributed by atoms with Crippen LogP contribution in [0.3, 0.4) is 0 Å². The lowest BCUT2D eigenvalue weighted by Gasteiger charge is -2.35. The first kappa shape index (κ1) is 9.81. The molecule has 0 N–H and O–H groups in total. The monoisotopic (exact) mass is 201 g/mol. The van der Waals surface area contributed by atoms with Gasteiger partial charge in [0.25, 0.3) is 0 Å². The van der Waals surface area contributed by atoms with Gasteiger partial charge in [-0.15, -0.1) is 0 Å². The molecule has 1 unspecified atom stereocenters. The van der Waals surface area contributed by atoms with E-state index in [1.807, 2.05) is 0 Å². The molecule has 0 spiro atoms. The summed E-state index contributed by atoms with van der Waals surface area (Å²) in [7, 11) is 0. The Hall–Kier alpha value is 0.270. The highest BCUT2D eigenvalue weighted by atomic mass is 32.1. The summed E-state index contributed by atoms with van der Waals surface area (Å²) < 4.78 is 5.42. The van der Waals surface area contributed by atoms with Crippen LogP contribution in [0.4, 0.5) is 0 Å². The predicted octanol–water partition coefficient (Wildman–Crippen LogP) is 1.42. The molecule has 0 aromatic carbocycles. The fourth-order valence-corrected chi connectivity index (χ4v) is 2.39. The van der Waals surface area contributed by atoms with Crippen LogP contribution in [0.2, 0.25) is 0 Å². The van der Waals surface area contributed by atoms with Crippen molar-refractivity contribution in [3.63, 3.8) is 0 Å². The maximum absolute atomic E-state index is 5.42. The van der Waals surface area contributed by atoms with Crippen LogP contribution in [0.15, 0.2) is 0 Å². The van der Waals surface area contributed by atoms with E-state index in [0.29, 0.717) is 11.5 Å². The largest absolute Gasteiger partial charge is 0.379 e. The molecule has 0 bridgehead atoms. The second-order valence-corrected chi connectivity index (χ2v) is 4.87. The molecular formula is C10H19NOS. The minimum absolute atomic E-state index is 0.564. The van der Waals surface area contributed by atoms with Gasteiger partial charge in [0, 0.05) is 19.1 Å². The molecule has 1 atom stereocenters. The van der Waals surface area contributed by atoms with Gasteiger partial charge in [-0.2, -0.15) is 12.6 Å². The lowest BCUT2D eigenvalue weighted by molar-refractivity contribution is -0.00777. The van der Waals surface area contributed by atoms with Crippen molar-refractivity contribution in [3.05, 3.63) is 0 Å². The molecule has 1 aliphatic carbocycles. The van der Waals surface area contributed by atoms with Gasteiger partial charge in [-0.25, -0.2) is 0 Å². The second kappa shape index (κ2) is 3.79. The minimum atomic E-state index is 0.564. The van der Waals surface area contributed by atoms with Crippen molar-refractivity contribution in [2.75, 3.05) is 32.1 Å². The zero-order valence-electron chi connectivity index (χ0n) is 8.33. The van der Waals surface area contributed by atoms with Gasteiger partial charge in [0.05, 0.1) is 13.2 Å². The molecule has 0 amide bonds. The van der Waals surface area contributed by atoms with Crippen molar-refractivity contribution in [3.8, 4) is 0 Å². The van der Waals surface area contributed by atoms with Crippen molar-refractivity contribution < 1.29 is 4.74 Å². The van der Waals surface area contributed by atoms with Gasteiger partial charge in [-0.1, -0.05) is 0 Å². The SMILES string of the molecule is CC1COCCN1CC1(CS)CC1. The van der Waals surface area contributed by atoms with Gasteiger partial charge in [-0.05, 0) is 30.9 Å². The smallest absolute Gasteiger partial charge is 0.0619 e. The summed E-state index contributed by atoms with van der Waals surface area (Å²) in [5.41, 5.74) is 0.564. The molecule has 2 nitrogen and oxygen atoms in total. The number of morpholine rings is 1. The Balaban J connectivity index is 1.85. The summed E-state index contributed by atoms with van der Waals surface area (Å²) >= 11 is 4.43. The Morgan fingerprint density at radius 2 is 2.31 bits per heavy atom. The number of hydrogen-bond donors (Lipinski definition) is 1. The Morgan fingerprint density at radius 1 is 1.54 bits per heavy atom. The number of hydrogen-bond acceptors (Lipinski definition) is 3. The van der Waals surface area contributed by atoms with E-state index in [0.717, 1.165) is 25.5 Å². The summed E-state index contributed by atoms with van der Waals surface area (Å²) in [6.07, 6.45) is 2.75. The predicted molar refractivity (Wildman–Crippen MR) is 57.4 cm³/mol. The summed E-state index contributed by atoms with van der Waals surface area (Å²) in [6, 6.07) is 0.603. The van der Waals surface area contributed by atoms with Gasteiger partial charge in [-0.3, -0.25) is 4.90 Å². The first-order valence-electron chi connectivity index (χ1n) is 5.18. The zero-order valence-corrected chi connectivity index (χ0v) is 9.22. The average molecular weight is 201 g/mol. The van der Waals surface area contributed by atoms with Gasteiger partial charge >= 0.3 is 0 Å². The average Bonchev–Trinajstić information content (AvgIpc) is 2.90. The number of nitrogens with zero attached hydrogens (tertiary/aromatic N) is 1. The maximum atomic E-state index is 5.42. The van der Waals surface area contributed by atoms with Crippen LogP contribution in [0, 0.1) is 5.41 Å². The molecule has 1 aliphatic heterocycles. The van der Waals surface area contributed by atoms with E-state index in [1.165, 1.54) is 19.4 Å². The first-order valence-corrected chi connectivity index (χ1v) is 5.82. The van der Waals surface area contributed by atoms with Crippen LogP contribution < -0.4 is 0 Å². The summed E-state index contributed by atoms with van der Waals surface area (Å²) in [4.78, 5) is 2.56. The summed E-state index contributed by atoms with van der Waals surface area (Å²) in [5, 5.41) is 0. The molecule has 3 heteroatoms. The molecular weight excluding hydrogens is 182 g/mol. The highest BCUT2D eigenvalue weighted by Crippen LogP contribution is 2.47. The Bertz CT molecular complexity index is 182. The number of rotatable bonds is 3. The Labute approximate surface area is 86.0 Å². The minimum Gasteiger partial charge on any atom is -0.379 e. The van der Waals surface area contributed by atoms with E-state index >= 15 is 0 Å². The fraction of sp³-hybridized carbons (Fsp3) is 1.00. The van der Waals surface area contributed by atoms with Gasteiger partial charge < -0.3 is 4.74 Å². The van der Waals surface area contributed by atoms with Crippen LogP contribution in [0.1, 0.15) is 19.8 Å². The second-order valence-electron chi connectivity index (χ2n) is 4.55. The van der Waals surface area contributed by atoms with E-state index in [2.05, 4.69) is 24.5 Å². The van der Waals surface area contributed by atoms with E-state index in [1.54, 1.807) is 0 Å². The molecule has 13 heavy (non-hydrogen) atoms. The van der Waals surface area contributed by atoms with Crippen LogP contribution in [-0.4, -0.2) is 43.0 Å². The Morgan fingerprint density at radius 3 is 2.85 bits per heavy atom. The van der Waals surface area contributed by atoms with Crippen LogP contribution in [0.25, 0.3) is 0 Å². The lowest BCUT2D eigenvalue weighted by atomic mass is 10.1. The van der Waals surface area contributed by atoms with Crippen molar-refractivity contribution in [2.24, 2.45) is 5.41 Å². The third kappa shape index (κ3) is 2.20. The van der Waals surface area contributed by atoms with E-state index in [-0.39, 0.29) is 0 Å². The molecule has 0 aromatic heterocycles. The molecule has 76 valence electrons. The summed E-state index contributed by atoms with van der Waals surface area (Å²) in [5.74, 6) is 1.05. The molecule has 0 aromatic rings. The van der Waals surface area contributed by atoms with Crippen molar-refractivity contribution in [2.45, 2.75) is 25.8 Å². The highest BCUT2D eigenvalue weighted by molar-refractivity contribution is 7.80. The molecule has 0 radical (unpaired) electrons. The van der Waals surface area contributed by atoms with Crippen LogP contribution in [0.5, 0.6) is 0 Å². The fourth-order valence-electron chi connectivity index (χ4n) is 1.97. The molecule has 1 saturated heterocycles. The van der Waals surface area contributed by atoms with Crippen molar-refractivity contribution >= 4 is 12.6 Å². The molecule has 2 aliphatic rings. The van der Waals surface area contributed by atoms with Crippen molar-refractivity contribution in [1.29, 1.82) is 0 Å². The molecule has 1 saturated carbocycles. The van der Waals surface area contributed by atoms with Gasteiger partial charge in [0.1, 0.15) is 0 Å². The highest BCUT2D eigenvalue weighted by Gasteiger charge is 2.43. The van der Waals surface area contributed by atoms with Crippen LogP contribution in [-0.2, 0) is 4.74 Å². The lowest BCUT2D eigenvalue weighted by Crippen LogP contribution is -2.46. The topological polar surface area (TPSA) is 12.5 Å². The molecule has 1 heterocycles. The van der Waals surface area contributed by atoms with Gasteiger partial charge in [0.15, 0.2) is 0 Å². The van der Waals surface area contributed by atoms with Crippen molar-refractivity contribution in [1.82, 2.24) is 4.90 Å². The number of thiol groups is 1. The van der Waals surface area contributed by atoms with Crippen LogP contribution >= 0.6 is 12.6 Å². The molecule has 2 rings (SSSR count).